The van der Waals surface area contributed by atoms with Crippen LogP contribution in [-0.2, 0) is 0 Å². The fourth-order valence-corrected chi connectivity index (χ4v) is 8.50. The zero-order chi connectivity index (χ0) is 32.3. The molecule has 0 saturated heterocycles. The summed E-state index contributed by atoms with van der Waals surface area (Å²) in [5, 5.41) is 7.45. The van der Waals surface area contributed by atoms with Crippen LogP contribution < -0.4 is 4.90 Å². The molecule has 3 heteroatoms. The highest BCUT2D eigenvalue weighted by Gasteiger charge is 2.20. The maximum Gasteiger partial charge on any atom is 0.143 e. The number of nitrogens with zero attached hydrogens (tertiary/aromatic N) is 1. The monoisotopic (exact) mass is 643 g/mol. The van der Waals surface area contributed by atoms with Crippen LogP contribution in [0.1, 0.15) is 0 Å². The van der Waals surface area contributed by atoms with Gasteiger partial charge >= 0.3 is 0 Å². The average molecular weight is 644 g/mol. The molecule has 0 radical (unpaired) electrons. The SMILES string of the molecule is c1ccc(-c2ccccc2N(c2ccc(-c3cccc4c3oc3ccccc34)cc2)c2ccc3sc4ccc5ccccc5c4c3c2)cc1. The Labute approximate surface area is 287 Å². The number of hydrogen-bond donors (Lipinski definition) is 0. The Morgan fingerprint density at radius 2 is 1.10 bits per heavy atom. The van der Waals surface area contributed by atoms with Crippen LogP contribution in [0.25, 0.3) is 75.1 Å². The molecule has 0 aliphatic carbocycles. The van der Waals surface area contributed by atoms with E-state index in [1.807, 2.05) is 23.5 Å². The van der Waals surface area contributed by atoms with Gasteiger partial charge in [0.15, 0.2) is 0 Å². The zero-order valence-corrected chi connectivity index (χ0v) is 27.3. The van der Waals surface area contributed by atoms with Gasteiger partial charge in [0, 0.05) is 53.4 Å². The average Bonchev–Trinajstić information content (AvgIpc) is 3.74. The number of thiophene rings is 1. The van der Waals surface area contributed by atoms with Gasteiger partial charge in [-0.05, 0) is 70.4 Å². The van der Waals surface area contributed by atoms with E-state index in [0.29, 0.717) is 0 Å². The molecule has 8 aromatic carbocycles. The summed E-state index contributed by atoms with van der Waals surface area (Å²) in [4.78, 5) is 2.40. The topological polar surface area (TPSA) is 16.4 Å². The lowest BCUT2D eigenvalue weighted by Gasteiger charge is -2.28. The first kappa shape index (κ1) is 27.9. The summed E-state index contributed by atoms with van der Waals surface area (Å²) in [5.74, 6) is 0. The zero-order valence-electron chi connectivity index (χ0n) is 26.5. The molecule has 0 spiro atoms. The molecule has 0 aliphatic heterocycles. The fraction of sp³-hybridized carbons (Fsp3) is 0. The summed E-state index contributed by atoms with van der Waals surface area (Å²) in [7, 11) is 0. The third-order valence-electron chi connectivity index (χ3n) is 9.67. The molecule has 0 unspecified atom stereocenters. The highest BCUT2D eigenvalue weighted by molar-refractivity contribution is 7.26. The summed E-state index contributed by atoms with van der Waals surface area (Å²) in [5.41, 5.74) is 9.75. The highest BCUT2D eigenvalue weighted by atomic mass is 32.1. The fourth-order valence-electron chi connectivity index (χ4n) is 7.40. The van der Waals surface area contributed by atoms with Crippen LogP contribution >= 0.6 is 11.3 Å². The molecule has 0 bridgehead atoms. The van der Waals surface area contributed by atoms with Crippen LogP contribution in [0.2, 0.25) is 0 Å². The Morgan fingerprint density at radius 3 is 2.00 bits per heavy atom. The van der Waals surface area contributed by atoms with Crippen molar-refractivity contribution in [3.05, 3.63) is 176 Å². The van der Waals surface area contributed by atoms with Gasteiger partial charge in [-0.25, -0.2) is 0 Å². The molecule has 0 atom stereocenters. The maximum atomic E-state index is 6.41. The Kier molecular flexibility index (Phi) is 6.39. The van der Waals surface area contributed by atoms with Crippen LogP contribution in [0.15, 0.2) is 180 Å². The molecule has 0 aliphatic rings. The van der Waals surface area contributed by atoms with E-state index < -0.39 is 0 Å². The number of rotatable bonds is 5. The first-order valence-corrected chi connectivity index (χ1v) is 17.4. The molecule has 10 aromatic rings. The van der Waals surface area contributed by atoms with Gasteiger partial charge in [0.2, 0.25) is 0 Å². The van der Waals surface area contributed by atoms with Crippen molar-refractivity contribution in [2.24, 2.45) is 0 Å². The lowest BCUT2D eigenvalue weighted by Crippen LogP contribution is -2.11. The van der Waals surface area contributed by atoms with Gasteiger partial charge in [0.05, 0.1) is 5.69 Å². The highest BCUT2D eigenvalue weighted by Crippen LogP contribution is 2.45. The largest absolute Gasteiger partial charge is 0.455 e. The molecular formula is C46H29NOS. The van der Waals surface area contributed by atoms with Crippen molar-refractivity contribution in [1.29, 1.82) is 0 Å². The maximum absolute atomic E-state index is 6.41. The first-order chi connectivity index (χ1) is 24.3. The first-order valence-electron chi connectivity index (χ1n) is 16.6. The minimum atomic E-state index is 0.911. The predicted octanol–water partition coefficient (Wildman–Crippen LogP) is 13.9. The minimum Gasteiger partial charge on any atom is -0.455 e. The lowest BCUT2D eigenvalue weighted by molar-refractivity contribution is 0.670. The summed E-state index contributed by atoms with van der Waals surface area (Å²) < 4.78 is 9.01. The van der Waals surface area contributed by atoms with Gasteiger partial charge in [0.25, 0.3) is 0 Å². The van der Waals surface area contributed by atoms with Crippen LogP contribution in [0, 0.1) is 0 Å². The van der Waals surface area contributed by atoms with E-state index in [0.717, 1.165) is 50.1 Å². The molecule has 230 valence electrons. The summed E-state index contributed by atoms with van der Waals surface area (Å²) in [6.07, 6.45) is 0. The molecule has 2 nitrogen and oxygen atoms in total. The minimum absolute atomic E-state index is 0.911. The molecular weight excluding hydrogens is 615 g/mol. The molecule has 0 fully saturated rings. The van der Waals surface area contributed by atoms with Crippen molar-refractivity contribution in [2.45, 2.75) is 0 Å². The molecule has 49 heavy (non-hydrogen) atoms. The van der Waals surface area contributed by atoms with Crippen molar-refractivity contribution in [3.8, 4) is 22.3 Å². The van der Waals surface area contributed by atoms with Crippen molar-refractivity contribution in [3.63, 3.8) is 0 Å². The Bertz CT molecular complexity index is 2830. The molecule has 0 N–H and O–H groups in total. The number of furan rings is 1. The van der Waals surface area contributed by atoms with E-state index in [1.54, 1.807) is 0 Å². The van der Waals surface area contributed by atoms with E-state index >= 15 is 0 Å². The molecule has 0 amide bonds. The third-order valence-corrected chi connectivity index (χ3v) is 10.8. The van der Waals surface area contributed by atoms with Gasteiger partial charge < -0.3 is 9.32 Å². The molecule has 2 aromatic heterocycles. The van der Waals surface area contributed by atoms with Crippen molar-refractivity contribution >= 4 is 81.3 Å². The Morgan fingerprint density at radius 1 is 0.429 bits per heavy atom. The van der Waals surface area contributed by atoms with Gasteiger partial charge in [-0.3, -0.25) is 0 Å². The van der Waals surface area contributed by atoms with E-state index in [9.17, 15) is 0 Å². The van der Waals surface area contributed by atoms with Crippen molar-refractivity contribution < 1.29 is 4.42 Å². The third kappa shape index (κ3) is 4.55. The quantitative estimate of drug-likeness (QED) is 0.186. The molecule has 10 rings (SSSR count). The number of hydrogen-bond acceptors (Lipinski definition) is 3. The van der Waals surface area contributed by atoms with Crippen LogP contribution in [-0.4, -0.2) is 0 Å². The second-order valence-electron chi connectivity index (χ2n) is 12.5. The number of benzene rings is 8. The van der Waals surface area contributed by atoms with E-state index in [1.165, 1.54) is 42.1 Å². The Hall–Kier alpha value is -6.16. The Balaban J connectivity index is 1.17. The van der Waals surface area contributed by atoms with Crippen LogP contribution in [0.3, 0.4) is 0 Å². The standard InChI is InChI=1S/C46H29NOS/c1-2-11-30(12-3-1)35-14-6-8-19-41(35)47(34-26-28-43-40(29-34)45-36-15-5-4-13-31(36)23-27-44(45)49-43)33-24-21-32(22-25-33)37-17-10-18-39-38-16-7-9-20-42(38)48-46(37)39/h1-29H. The van der Waals surface area contributed by atoms with Gasteiger partial charge in [-0.15, -0.1) is 11.3 Å². The number of para-hydroxylation sites is 3. The van der Waals surface area contributed by atoms with Gasteiger partial charge in [0.1, 0.15) is 11.2 Å². The predicted molar refractivity (Wildman–Crippen MR) is 210 cm³/mol. The molecule has 0 saturated carbocycles. The lowest BCUT2D eigenvalue weighted by atomic mass is 9.99. The molecule has 2 heterocycles. The van der Waals surface area contributed by atoms with E-state index in [2.05, 4.69) is 169 Å². The number of anilines is 3. The van der Waals surface area contributed by atoms with Crippen LogP contribution in [0.5, 0.6) is 0 Å². The van der Waals surface area contributed by atoms with Gasteiger partial charge in [-0.1, -0.05) is 127 Å². The smallest absolute Gasteiger partial charge is 0.143 e. The normalized spacial score (nSPS) is 11.7. The van der Waals surface area contributed by atoms with Crippen molar-refractivity contribution in [1.82, 2.24) is 0 Å². The summed E-state index contributed by atoms with van der Waals surface area (Å²) in [6, 6.07) is 63.2. The summed E-state index contributed by atoms with van der Waals surface area (Å²) >= 11 is 1.86. The second kappa shape index (κ2) is 11.2. The second-order valence-corrected chi connectivity index (χ2v) is 13.6. The number of fused-ring (bicyclic) bond motifs is 8. The van der Waals surface area contributed by atoms with E-state index in [-0.39, 0.29) is 0 Å². The van der Waals surface area contributed by atoms with Gasteiger partial charge in [-0.2, -0.15) is 0 Å². The van der Waals surface area contributed by atoms with Crippen LogP contribution in [0.4, 0.5) is 17.1 Å². The van der Waals surface area contributed by atoms with Crippen molar-refractivity contribution in [2.75, 3.05) is 4.90 Å². The summed E-state index contributed by atoms with van der Waals surface area (Å²) in [6.45, 7) is 0. The van der Waals surface area contributed by atoms with E-state index in [4.69, 9.17) is 4.42 Å².